The van der Waals surface area contributed by atoms with Crippen LogP contribution in [0.25, 0.3) is 11.0 Å². The molecule has 0 spiro atoms. The minimum absolute atomic E-state index is 0.0904. The molecule has 0 aliphatic heterocycles. The quantitative estimate of drug-likeness (QED) is 0.823. The van der Waals surface area contributed by atoms with Gasteiger partial charge in [0.25, 0.3) is 0 Å². The summed E-state index contributed by atoms with van der Waals surface area (Å²) in [5, 5.41) is 0. The van der Waals surface area contributed by atoms with Crippen molar-refractivity contribution >= 4 is 29.3 Å². The van der Waals surface area contributed by atoms with Crippen molar-refractivity contribution in [1.29, 1.82) is 0 Å². The first-order valence-electron chi connectivity index (χ1n) is 4.88. The number of amides is 1. The normalized spacial score (nSPS) is 10.6. The minimum Gasteiger partial charge on any atom is -0.448 e. The van der Waals surface area contributed by atoms with Crippen molar-refractivity contribution in [1.82, 2.24) is 9.55 Å². The van der Waals surface area contributed by atoms with Gasteiger partial charge in [-0.25, -0.2) is 9.18 Å². The van der Waals surface area contributed by atoms with E-state index < -0.39 is 6.09 Å². The summed E-state index contributed by atoms with van der Waals surface area (Å²) in [5.41, 5.74) is 6.20. The van der Waals surface area contributed by atoms with Gasteiger partial charge in [0.1, 0.15) is 12.4 Å². The Balaban J connectivity index is 2.32. The second-order valence-electron chi connectivity index (χ2n) is 3.41. The van der Waals surface area contributed by atoms with Crippen LogP contribution >= 0.6 is 12.2 Å². The molecule has 0 unspecified atom stereocenters. The fraction of sp³-hybridized carbons (Fsp3) is 0.200. The Bertz CT molecular complexity index is 620. The number of nitrogens with two attached hydrogens (primary N) is 1. The molecule has 1 aromatic carbocycles. The van der Waals surface area contributed by atoms with Crippen LogP contribution in [0.2, 0.25) is 0 Å². The van der Waals surface area contributed by atoms with E-state index in [4.69, 9.17) is 18.0 Å². The number of fused-ring (bicyclic) bond motifs is 1. The lowest BCUT2D eigenvalue weighted by atomic mass is 10.3. The Morgan fingerprint density at radius 3 is 3.06 bits per heavy atom. The second kappa shape index (κ2) is 4.54. The minimum atomic E-state index is -0.845. The third-order valence-corrected chi connectivity index (χ3v) is 2.62. The van der Waals surface area contributed by atoms with Gasteiger partial charge in [-0.15, -0.1) is 0 Å². The lowest BCUT2D eigenvalue weighted by Crippen LogP contribution is -2.16. The summed E-state index contributed by atoms with van der Waals surface area (Å²) in [6.45, 7) is 0.415. The molecule has 0 saturated heterocycles. The van der Waals surface area contributed by atoms with Gasteiger partial charge in [-0.05, 0) is 30.4 Å². The van der Waals surface area contributed by atoms with Gasteiger partial charge in [0.2, 0.25) is 0 Å². The molecule has 17 heavy (non-hydrogen) atoms. The number of benzene rings is 1. The largest absolute Gasteiger partial charge is 0.448 e. The van der Waals surface area contributed by atoms with Gasteiger partial charge in [-0.3, -0.25) is 0 Å². The fourth-order valence-corrected chi connectivity index (χ4v) is 1.89. The molecule has 1 aromatic heterocycles. The average molecular weight is 255 g/mol. The summed E-state index contributed by atoms with van der Waals surface area (Å²) >= 11 is 5.09. The first-order valence-corrected chi connectivity index (χ1v) is 5.29. The lowest BCUT2D eigenvalue weighted by Gasteiger charge is -2.04. The lowest BCUT2D eigenvalue weighted by molar-refractivity contribution is 0.152. The number of rotatable bonds is 3. The van der Waals surface area contributed by atoms with Crippen molar-refractivity contribution in [3.63, 3.8) is 0 Å². The number of nitrogens with zero attached hydrogens (tertiary/aromatic N) is 1. The number of aromatic amines is 1. The van der Waals surface area contributed by atoms with Crippen molar-refractivity contribution < 1.29 is 13.9 Å². The Kier molecular flexibility index (Phi) is 3.10. The molecule has 0 fully saturated rings. The van der Waals surface area contributed by atoms with Gasteiger partial charge in [0.05, 0.1) is 17.6 Å². The Hall–Kier alpha value is -1.89. The van der Waals surface area contributed by atoms with Crippen molar-refractivity contribution in [2.24, 2.45) is 5.73 Å². The maximum absolute atomic E-state index is 13.1. The number of carbonyl (C=O) groups excluding carboxylic acids is 1. The van der Waals surface area contributed by atoms with Crippen LogP contribution in [0.15, 0.2) is 18.2 Å². The number of hydrogen-bond acceptors (Lipinski definition) is 3. The molecule has 7 heteroatoms. The van der Waals surface area contributed by atoms with Crippen molar-refractivity contribution in [3.8, 4) is 0 Å². The predicted molar refractivity (Wildman–Crippen MR) is 62.6 cm³/mol. The molecule has 0 saturated carbocycles. The Morgan fingerprint density at radius 1 is 1.59 bits per heavy atom. The van der Waals surface area contributed by atoms with Crippen LogP contribution in [0.4, 0.5) is 9.18 Å². The molecule has 0 atom stereocenters. The van der Waals surface area contributed by atoms with Crippen LogP contribution in [-0.4, -0.2) is 22.3 Å². The van der Waals surface area contributed by atoms with Crippen LogP contribution in [0, 0.1) is 10.6 Å². The van der Waals surface area contributed by atoms with E-state index in [-0.39, 0.29) is 12.4 Å². The molecule has 90 valence electrons. The van der Waals surface area contributed by atoms with Crippen LogP contribution in [-0.2, 0) is 11.3 Å². The number of carbonyl (C=O) groups is 1. The highest BCUT2D eigenvalue weighted by molar-refractivity contribution is 7.71. The summed E-state index contributed by atoms with van der Waals surface area (Å²) in [6, 6.07) is 4.32. The smallest absolute Gasteiger partial charge is 0.404 e. The van der Waals surface area contributed by atoms with E-state index in [0.29, 0.717) is 16.8 Å². The maximum Gasteiger partial charge on any atom is 0.404 e. The zero-order chi connectivity index (χ0) is 12.4. The van der Waals surface area contributed by atoms with Crippen LogP contribution < -0.4 is 5.73 Å². The van der Waals surface area contributed by atoms with E-state index in [1.807, 2.05) is 0 Å². The van der Waals surface area contributed by atoms with Gasteiger partial charge >= 0.3 is 6.09 Å². The molecule has 1 heterocycles. The van der Waals surface area contributed by atoms with E-state index in [9.17, 15) is 9.18 Å². The molecule has 0 aliphatic rings. The molecule has 0 bridgehead atoms. The third kappa shape index (κ3) is 2.44. The molecule has 0 aliphatic carbocycles. The van der Waals surface area contributed by atoms with Gasteiger partial charge in [-0.1, -0.05) is 0 Å². The van der Waals surface area contributed by atoms with E-state index >= 15 is 0 Å². The Morgan fingerprint density at radius 2 is 2.35 bits per heavy atom. The zero-order valence-corrected chi connectivity index (χ0v) is 9.59. The molecular formula is C10H10FN3O2S. The summed E-state index contributed by atoms with van der Waals surface area (Å²) in [5.74, 6) is -0.351. The highest BCUT2D eigenvalue weighted by atomic mass is 32.1. The van der Waals surface area contributed by atoms with E-state index in [2.05, 4.69) is 9.72 Å². The number of H-pyrrole nitrogens is 1. The van der Waals surface area contributed by atoms with Gasteiger partial charge in [0.15, 0.2) is 4.77 Å². The monoisotopic (exact) mass is 255 g/mol. The van der Waals surface area contributed by atoms with Crippen molar-refractivity contribution in [2.75, 3.05) is 6.61 Å². The van der Waals surface area contributed by atoms with Crippen LogP contribution in [0.1, 0.15) is 0 Å². The van der Waals surface area contributed by atoms with Crippen LogP contribution in [0.3, 0.4) is 0 Å². The molecule has 2 aromatic rings. The fourth-order valence-electron chi connectivity index (χ4n) is 1.59. The number of nitrogens with one attached hydrogen (secondary N) is 1. The second-order valence-corrected chi connectivity index (χ2v) is 3.80. The summed E-state index contributed by atoms with van der Waals surface area (Å²) in [4.78, 5) is 13.4. The summed E-state index contributed by atoms with van der Waals surface area (Å²) in [7, 11) is 0. The first-order chi connectivity index (χ1) is 8.08. The average Bonchev–Trinajstić information content (AvgIpc) is 2.55. The number of ether oxygens (including phenoxy) is 1. The van der Waals surface area contributed by atoms with Gasteiger partial charge in [0, 0.05) is 0 Å². The van der Waals surface area contributed by atoms with Gasteiger partial charge in [-0.2, -0.15) is 0 Å². The zero-order valence-electron chi connectivity index (χ0n) is 8.77. The SMILES string of the molecule is NC(=O)OCCn1c(=S)[nH]c2ccc(F)cc21. The van der Waals surface area contributed by atoms with Crippen molar-refractivity contribution in [2.45, 2.75) is 6.54 Å². The molecule has 0 radical (unpaired) electrons. The molecule has 3 N–H and O–H groups in total. The van der Waals surface area contributed by atoms with E-state index in [1.165, 1.54) is 12.1 Å². The van der Waals surface area contributed by atoms with E-state index in [1.54, 1.807) is 10.6 Å². The highest BCUT2D eigenvalue weighted by Crippen LogP contribution is 2.15. The summed E-state index contributed by atoms with van der Waals surface area (Å²) in [6.07, 6.45) is -0.845. The topological polar surface area (TPSA) is 73.0 Å². The number of imidazole rings is 1. The third-order valence-electron chi connectivity index (χ3n) is 2.30. The maximum atomic E-state index is 13.1. The number of halogens is 1. The predicted octanol–water partition coefficient (Wildman–Crippen LogP) is 1.93. The molecule has 1 amide bonds. The number of aromatic nitrogens is 2. The van der Waals surface area contributed by atoms with Crippen LogP contribution in [0.5, 0.6) is 0 Å². The standard InChI is InChI=1S/C10H10FN3O2S/c11-6-1-2-7-8(5-6)14(10(17)13-7)3-4-16-9(12)15/h1-2,5H,3-4H2,(H2,12,15)(H,13,17). The summed E-state index contributed by atoms with van der Waals surface area (Å²) < 4.78 is 19.8. The van der Waals surface area contributed by atoms with Gasteiger partial charge < -0.3 is 20.0 Å². The molecular weight excluding hydrogens is 245 g/mol. The van der Waals surface area contributed by atoms with Crippen molar-refractivity contribution in [3.05, 3.63) is 28.8 Å². The highest BCUT2D eigenvalue weighted by Gasteiger charge is 2.05. The number of hydrogen-bond donors (Lipinski definition) is 2. The molecule has 5 nitrogen and oxygen atoms in total. The van der Waals surface area contributed by atoms with E-state index in [0.717, 1.165) is 5.52 Å². The Labute approximate surface area is 101 Å². The molecule has 2 rings (SSSR count). The number of primary amides is 1. The first kappa shape index (κ1) is 11.6.